The van der Waals surface area contributed by atoms with Crippen molar-refractivity contribution in [3.63, 3.8) is 0 Å². The molecular formula is C36H32N6O2. The lowest BCUT2D eigenvalue weighted by Crippen LogP contribution is -2.39. The van der Waals surface area contributed by atoms with Crippen LogP contribution in [0, 0.1) is 0 Å². The Hall–Kier alpha value is -5.60. The van der Waals surface area contributed by atoms with Gasteiger partial charge in [0.1, 0.15) is 5.54 Å². The summed E-state index contributed by atoms with van der Waals surface area (Å²) in [7, 11) is 0. The van der Waals surface area contributed by atoms with Crippen LogP contribution in [0.1, 0.15) is 22.3 Å². The molecule has 8 heteroatoms. The number of rotatable bonds is 11. The first-order valence-electron chi connectivity index (χ1n) is 14.5. The first-order chi connectivity index (χ1) is 21.7. The predicted octanol–water partition coefficient (Wildman–Crippen LogP) is 6.20. The van der Waals surface area contributed by atoms with Crippen LogP contribution in [0.2, 0.25) is 0 Å². The van der Waals surface area contributed by atoms with Gasteiger partial charge in [0.15, 0.2) is 5.82 Å². The molecule has 0 fully saturated rings. The lowest BCUT2D eigenvalue weighted by atomic mass is 9.77. The van der Waals surface area contributed by atoms with Crippen LogP contribution in [0.15, 0.2) is 140 Å². The molecule has 0 saturated heterocycles. The van der Waals surface area contributed by atoms with Gasteiger partial charge in [0.2, 0.25) is 0 Å². The van der Waals surface area contributed by atoms with Crippen LogP contribution >= 0.6 is 0 Å². The van der Waals surface area contributed by atoms with Crippen LogP contribution in [0.4, 0.5) is 4.79 Å². The van der Waals surface area contributed by atoms with Crippen LogP contribution in [0.5, 0.6) is 0 Å². The summed E-state index contributed by atoms with van der Waals surface area (Å²) >= 11 is 0. The number of amides is 1. The molecule has 0 spiro atoms. The summed E-state index contributed by atoms with van der Waals surface area (Å²) in [5, 5.41) is 28.0. The van der Waals surface area contributed by atoms with Crippen molar-refractivity contribution in [3.8, 4) is 22.5 Å². The first-order valence-corrected chi connectivity index (χ1v) is 14.5. The number of hydrogen-bond acceptors (Lipinski definition) is 5. The SMILES string of the molecule is O=C(O)NCCNCc1ccc(-c2ccccc2-c2nnnn2C(c2ccccc2)(c2ccccc2)c2ccccc2)cc1. The molecule has 0 saturated carbocycles. The lowest BCUT2D eigenvalue weighted by Gasteiger charge is -2.36. The fraction of sp³-hybridized carbons (Fsp3) is 0.111. The molecule has 1 heterocycles. The zero-order chi connectivity index (χ0) is 30.2. The van der Waals surface area contributed by atoms with Gasteiger partial charge >= 0.3 is 6.09 Å². The van der Waals surface area contributed by atoms with Crippen molar-refractivity contribution in [3.05, 3.63) is 162 Å². The smallest absolute Gasteiger partial charge is 0.404 e. The van der Waals surface area contributed by atoms with Crippen LogP contribution in [0.3, 0.4) is 0 Å². The largest absolute Gasteiger partial charge is 0.465 e. The van der Waals surface area contributed by atoms with Crippen molar-refractivity contribution in [1.29, 1.82) is 0 Å². The molecule has 6 aromatic rings. The maximum absolute atomic E-state index is 10.7. The highest BCUT2D eigenvalue weighted by atomic mass is 16.4. The highest BCUT2D eigenvalue weighted by molar-refractivity contribution is 5.81. The van der Waals surface area contributed by atoms with Gasteiger partial charge in [-0.1, -0.05) is 140 Å². The van der Waals surface area contributed by atoms with Crippen molar-refractivity contribution in [2.24, 2.45) is 0 Å². The third-order valence-corrected chi connectivity index (χ3v) is 7.70. The van der Waals surface area contributed by atoms with Crippen LogP contribution in [-0.4, -0.2) is 44.5 Å². The van der Waals surface area contributed by atoms with E-state index in [1.807, 2.05) is 71.4 Å². The average Bonchev–Trinajstić information content (AvgIpc) is 3.57. The number of benzene rings is 5. The van der Waals surface area contributed by atoms with E-state index in [0.717, 1.165) is 38.9 Å². The van der Waals surface area contributed by atoms with Gasteiger partial charge in [-0.3, -0.25) is 0 Å². The van der Waals surface area contributed by atoms with E-state index in [0.29, 0.717) is 25.5 Å². The minimum Gasteiger partial charge on any atom is -0.465 e. The van der Waals surface area contributed by atoms with E-state index in [-0.39, 0.29) is 0 Å². The summed E-state index contributed by atoms with van der Waals surface area (Å²) in [5.41, 5.74) is 6.34. The van der Waals surface area contributed by atoms with Gasteiger partial charge in [-0.2, -0.15) is 0 Å². The summed E-state index contributed by atoms with van der Waals surface area (Å²) in [5.74, 6) is 0.647. The van der Waals surface area contributed by atoms with Gasteiger partial charge in [0, 0.05) is 25.2 Å². The summed E-state index contributed by atoms with van der Waals surface area (Å²) in [6.07, 6.45) is -1.02. The molecule has 0 unspecified atom stereocenters. The van der Waals surface area contributed by atoms with Crippen molar-refractivity contribution in [2.45, 2.75) is 12.1 Å². The van der Waals surface area contributed by atoms with Gasteiger partial charge in [-0.05, 0) is 43.8 Å². The number of tetrazole rings is 1. The molecule has 3 N–H and O–H groups in total. The van der Waals surface area contributed by atoms with Crippen molar-refractivity contribution < 1.29 is 9.90 Å². The first kappa shape index (κ1) is 28.5. The quantitative estimate of drug-likeness (QED) is 0.124. The second kappa shape index (κ2) is 13.1. The minimum absolute atomic E-state index is 0.353. The maximum Gasteiger partial charge on any atom is 0.404 e. The van der Waals surface area contributed by atoms with Crippen LogP contribution in [0.25, 0.3) is 22.5 Å². The highest BCUT2D eigenvalue weighted by Gasteiger charge is 2.42. The fourth-order valence-corrected chi connectivity index (χ4v) is 5.71. The molecule has 0 bridgehead atoms. The van der Waals surface area contributed by atoms with E-state index in [1.165, 1.54) is 0 Å². The Morgan fingerprint density at radius 3 is 1.73 bits per heavy atom. The Morgan fingerprint density at radius 2 is 1.18 bits per heavy atom. The standard InChI is InChI=1S/C36H32N6O2/c43-35(44)38-25-24-37-26-27-20-22-28(23-21-27)32-18-10-11-19-33(32)34-39-40-41-42(34)36(29-12-4-1-5-13-29,30-14-6-2-7-15-30)31-16-8-3-9-17-31/h1-23,37-38H,24-26H2,(H,43,44). The monoisotopic (exact) mass is 580 g/mol. The van der Waals surface area contributed by atoms with Crippen molar-refractivity contribution in [1.82, 2.24) is 30.8 Å². The zero-order valence-electron chi connectivity index (χ0n) is 24.0. The van der Waals surface area contributed by atoms with Gasteiger partial charge < -0.3 is 15.7 Å². The number of nitrogens with zero attached hydrogens (tertiary/aromatic N) is 4. The Kier molecular flexibility index (Phi) is 8.52. The fourth-order valence-electron chi connectivity index (χ4n) is 5.71. The van der Waals surface area contributed by atoms with E-state index in [2.05, 4.69) is 93.7 Å². The Labute approximate surface area is 256 Å². The molecule has 44 heavy (non-hydrogen) atoms. The number of nitrogens with one attached hydrogen (secondary N) is 2. The van der Waals surface area contributed by atoms with Crippen molar-refractivity contribution >= 4 is 6.09 Å². The van der Waals surface area contributed by atoms with Gasteiger partial charge in [-0.25, -0.2) is 9.48 Å². The van der Waals surface area contributed by atoms with E-state index in [1.54, 1.807) is 0 Å². The number of hydrogen-bond donors (Lipinski definition) is 3. The van der Waals surface area contributed by atoms with Crippen LogP contribution in [-0.2, 0) is 12.1 Å². The molecule has 6 rings (SSSR count). The molecule has 0 atom stereocenters. The van der Waals surface area contributed by atoms with Crippen LogP contribution < -0.4 is 10.6 Å². The number of aromatic nitrogens is 4. The summed E-state index contributed by atoms with van der Waals surface area (Å²) < 4.78 is 1.95. The molecule has 1 amide bonds. The van der Waals surface area contributed by atoms with E-state index >= 15 is 0 Å². The van der Waals surface area contributed by atoms with Gasteiger partial charge in [-0.15, -0.1) is 5.10 Å². The zero-order valence-corrected chi connectivity index (χ0v) is 24.0. The topological polar surface area (TPSA) is 105 Å². The second-order valence-electron chi connectivity index (χ2n) is 10.4. The lowest BCUT2D eigenvalue weighted by molar-refractivity contribution is 0.194. The van der Waals surface area contributed by atoms with Gasteiger partial charge in [0.05, 0.1) is 0 Å². The normalized spacial score (nSPS) is 11.3. The van der Waals surface area contributed by atoms with E-state index in [4.69, 9.17) is 10.3 Å². The Balaban J connectivity index is 1.44. The Bertz CT molecular complexity index is 1710. The number of carboxylic acid groups (broad SMARTS) is 1. The molecule has 1 aromatic heterocycles. The molecular weight excluding hydrogens is 548 g/mol. The molecule has 0 aliphatic rings. The summed E-state index contributed by atoms with van der Waals surface area (Å²) in [6, 6.07) is 47.7. The Morgan fingerprint density at radius 1 is 0.659 bits per heavy atom. The van der Waals surface area contributed by atoms with E-state index < -0.39 is 11.6 Å². The molecule has 0 aliphatic carbocycles. The summed E-state index contributed by atoms with van der Waals surface area (Å²) in [4.78, 5) is 10.7. The number of carbonyl (C=O) groups is 1. The second-order valence-corrected chi connectivity index (χ2v) is 10.4. The molecule has 5 aromatic carbocycles. The molecule has 8 nitrogen and oxygen atoms in total. The maximum atomic E-state index is 10.7. The van der Waals surface area contributed by atoms with Crippen molar-refractivity contribution in [2.75, 3.05) is 13.1 Å². The molecule has 0 radical (unpaired) electrons. The minimum atomic E-state index is -1.02. The third-order valence-electron chi connectivity index (χ3n) is 7.70. The van der Waals surface area contributed by atoms with E-state index in [9.17, 15) is 4.79 Å². The average molecular weight is 581 g/mol. The molecule has 218 valence electrons. The summed E-state index contributed by atoms with van der Waals surface area (Å²) in [6.45, 7) is 1.53. The molecule has 0 aliphatic heterocycles. The van der Waals surface area contributed by atoms with Gasteiger partial charge in [0.25, 0.3) is 0 Å². The highest BCUT2D eigenvalue weighted by Crippen LogP contribution is 2.43. The third kappa shape index (κ3) is 5.71. The predicted molar refractivity (Wildman–Crippen MR) is 171 cm³/mol.